The second kappa shape index (κ2) is 5.82. The van der Waals surface area contributed by atoms with Crippen molar-refractivity contribution in [1.82, 2.24) is 5.32 Å². The standard InChI is InChI=1S/C13H21N/c1-4-7-13(14-5-2)12-9-6-8-11(3)10-12/h6,8-10,13-14H,4-5,7H2,1-3H3. The van der Waals surface area contributed by atoms with Gasteiger partial charge < -0.3 is 5.32 Å². The number of hydrogen-bond acceptors (Lipinski definition) is 1. The second-order valence-corrected chi connectivity index (χ2v) is 3.81. The van der Waals surface area contributed by atoms with Crippen LogP contribution in [0, 0.1) is 6.92 Å². The Morgan fingerprint density at radius 1 is 1.29 bits per heavy atom. The van der Waals surface area contributed by atoms with Gasteiger partial charge in [-0.05, 0) is 25.5 Å². The molecule has 14 heavy (non-hydrogen) atoms. The number of hydrogen-bond donors (Lipinski definition) is 1. The van der Waals surface area contributed by atoms with E-state index in [2.05, 4.69) is 50.4 Å². The predicted molar refractivity (Wildman–Crippen MR) is 62.5 cm³/mol. The molecule has 0 aromatic heterocycles. The van der Waals surface area contributed by atoms with Gasteiger partial charge in [-0.3, -0.25) is 0 Å². The maximum atomic E-state index is 3.53. The van der Waals surface area contributed by atoms with Crippen molar-refractivity contribution in [3.05, 3.63) is 35.4 Å². The summed E-state index contributed by atoms with van der Waals surface area (Å²) >= 11 is 0. The Balaban J connectivity index is 2.75. The first kappa shape index (κ1) is 11.3. The van der Waals surface area contributed by atoms with Crippen LogP contribution in [0.15, 0.2) is 24.3 Å². The monoisotopic (exact) mass is 191 g/mol. The van der Waals surface area contributed by atoms with Gasteiger partial charge in [-0.2, -0.15) is 0 Å². The van der Waals surface area contributed by atoms with Gasteiger partial charge in [0.2, 0.25) is 0 Å². The fraction of sp³-hybridized carbons (Fsp3) is 0.538. The van der Waals surface area contributed by atoms with Crippen LogP contribution in [0.4, 0.5) is 0 Å². The Hall–Kier alpha value is -0.820. The highest BCUT2D eigenvalue weighted by atomic mass is 14.9. The van der Waals surface area contributed by atoms with Crippen LogP contribution in [0.5, 0.6) is 0 Å². The molecule has 0 fully saturated rings. The molecule has 0 aliphatic rings. The van der Waals surface area contributed by atoms with Crippen molar-refractivity contribution in [3.8, 4) is 0 Å². The molecule has 0 heterocycles. The summed E-state index contributed by atoms with van der Waals surface area (Å²) in [6, 6.07) is 9.33. The van der Waals surface area contributed by atoms with Crippen molar-refractivity contribution in [2.24, 2.45) is 0 Å². The third-order valence-corrected chi connectivity index (χ3v) is 2.47. The molecule has 0 saturated carbocycles. The molecule has 0 bridgehead atoms. The minimum Gasteiger partial charge on any atom is -0.310 e. The molecule has 1 rings (SSSR count). The van der Waals surface area contributed by atoms with Crippen LogP contribution in [-0.4, -0.2) is 6.54 Å². The molecule has 0 radical (unpaired) electrons. The molecule has 1 aromatic carbocycles. The van der Waals surface area contributed by atoms with Gasteiger partial charge >= 0.3 is 0 Å². The van der Waals surface area contributed by atoms with Crippen LogP contribution in [0.25, 0.3) is 0 Å². The quantitative estimate of drug-likeness (QED) is 0.751. The smallest absolute Gasteiger partial charge is 0.0320 e. The lowest BCUT2D eigenvalue weighted by atomic mass is 10.0. The van der Waals surface area contributed by atoms with E-state index in [1.54, 1.807) is 0 Å². The maximum Gasteiger partial charge on any atom is 0.0320 e. The Bertz CT molecular complexity index is 262. The van der Waals surface area contributed by atoms with Crippen molar-refractivity contribution in [2.75, 3.05) is 6.54 Å². The van der Waals surface area contributed by atoms with Crippen LogP contribution >= 0.6 is 0 Å². The van der Waals surface area contributed by atoms with Crippen molar-refractivity contribution in [3.63, 3.8) is 0 Å². The van der Waals surface area contributed by atoms with Crippen LogP contribution in [0.2, 0.25) is 0 Å². The van der Waals surface area contributed by atoms with Gasteiger partial charge in [-0.15, -0.1) is 0 Å². The molecule has 0 aliphatic heterocycles. The molecule has 78 valence electrons. The molecule has 0 aliphatic carbocycles. The first-order chi connectivity index (χ1) is 6.77. The minimum absolute atomic E-state index is 0.532. The molecule has 0 amide bonds. The zero-order chi connectivity index (χ0) is 10.4. The topological polar surface area (TPSA) is 12.0 Å². The van der Waals surface area contributed by atoms with E-state index in [-0.39, 0.29) is 0 Å². The highest BCUT2D eigenvalue weighted by Gasteiger charge is 2.08. The van der Waals surface area contributed by atoms with Gasteiger partial charge in [0.15, 0.2) is 0 Å². The summed E-state index contributed by atoms with van der Waals surface area (Å²) in [5.41, 5.74) is 2.77. The normalized spacial score (nSPS) is 12.8. The third kappa shape index (κ3) is 3.15. The lowest BCUT2D eigenvalue weighted by Crippen LogP contribution is -2.20. The maximum absolute atomic E-state index is 3.53. The van der Waals surface area contributed by atoms with Crippen molar-refractivity contribution in [1.29, 1.82) is 0 Å². The van der Waals surface area contributed by atoms with E-state index >= 15 is 0 Å². The molecule has 1 aromatic rings. The van der Waals surface area contributed by atoms with Gasteiger partial charge in [-0.1, -0.05) is 50.1 Å². The van der Waals surface area contributed by atoms with Gasteiger partial charge in [0.25, 0.3) is 0 Å². The van der Waals surface area contributed by atoms with Crippen LogP contribution < -0.4 is 5.32 Å². The molecule has 1 N–H and O–H groups in total. The van der Waals surface area contributed by atoms with E-state index in [1.165, 1.54) is 24.0 Å². The van der Waals surface area contributed by atoms with Crippen molar-refractivity contribution in [2.45, 2.75) is 39.7 Å². The molecule has 1 nitrogen and oxygen atoms in total. The van der Waals surface area contributed by atoms with Crippen LogP contribution in [-0.2, 0) is 0 Å². The van der Waals surface area contributed by atoms with Gasteiger partial charge in [0, 0.05) is 6.04 Å². The van der Waals surface area contributed by atoms with Crippen molar-refractivity contribution >= 4 is 0 Å². The fourth-order valence-electron chi connectivity index (χ4n) is 1.81. The second-order valence-electron chi connectivity index (χ2n) is 3.81. The predicted octanol–water partition coefficient (Wildman–Crippen LogP) is 3.45. The van der Waals surface area contributed by atoms with E-state index in [0.717, 1.165) is 6.54 Å². The summed E-state index contributed by atoms with van der Waals surface area (Å²) < 4.78 is 0. The lowest BCUT2D eigenvalue weighted by molar-refractivity contribution is 0.509. The molecule has 1 heteroatoms. The summed E-state index contributed by atoms with van der Waals surface area (Å²) in [5, 5.41) is 3.53. The van der Waals surface area contributed by atoms with E-state index < -0.39 is 0 Å². The molecule has 0 spiro atoms. The summed E-state index contributed by atoms with van der Waals surface area (Å²) in [4.78, 5) is 0. The molecule has 0 saturated heterocycles. The lowest BCUT2D eigenvalue weighted by Gasteiger charge is -2.17. The number of rotatable bonds is 5. The summed E-state index contributed by atoms with van der Waals surface area (Å²) in [6.45, 7) is 7.59. The van der Waals surface area contributed by atoms with Crippen LogP contribution in [0.3, 0.4) is 0 Å². The zero-order valence-electron chi connectivity index (χ0n) is 9.51. The summed E-state index contributed by atoms with van der Waals surface area (Å²) in [5.74, 6) is 0. The van der Waals surface area contributed by atoms with E-state index in [9.17, 15) is 0 Å². The van der Waals surface area contributed by atoms with Gasteiger partial charge in [0.05, 0.1) is 0 Å². The molecule has 1 atom stereocenters. The molecular weight excluding hydrogens is 170 g/mol. The summed E-state index contributed by atoms with van der Waals surface area (Å²) in [6.07, 6.45) is 2.45. The fourth-order valence-corrected chi connectivity index (χ4v) is 1.81. The SMILES string of the molecule is CCCC(NCC)c1cccc(C)c1. The Labute approximate surface area is 87.5 Å². The summed E-state index contributed by atoms with van der Waals surface area (Å²) in [7, 11) is 0. The first-order valence-electron chi connectivity index (χ1n) is 5.57. The van der Waals surface area contributed by atoms with Gasteiger partial charge in [0.1, 0.15) is 0 Å². The highest BCUT2D eigenvalue weighted by Crippen LogP contribution is 2.19. The minimum atomic E-state index is 0.532. The largest absolute Gasteiger partial charge is 0.310 e. The van der Waals surface area contributed by atoms with Crippen LogP contribution in [0.1, 0.15) is 43.9 Å². The zero-order valence-corrected chi connectivity index (χ0v) is 9.51. The Kier molecular flexibility index (Phi) is 4.68. The number of benzene rings is 1. The molecule has 1 unspecified atom stereocenters. The van der Waals surface area contributed by atoms with Gasteiger partial charge in [-0.25, -0.2) is 0 Å². The highest BCUT2D eigenvalue weighted by molar-refractivity contribution is 5.25. The molecular formula is C13H21N. The number of nitrogens with one attached hydrogen (secondary N) is 1. The average Bonchev–Trinajstić information content (AvgIpc) is 2.17. The van der Waals surface area contributed by atoms with Crippen molar-refractivity contribution < 1.29 is 0 Å². The Morgan fingerprint density at radius 2 is 2.07 bits per heavy atom. The average molecular weight is 191 g/mol. The van der Waals surface area contributed by atoms with E-state index in [4.69, 9.17) is 0 Å². The third-order valence-electron chi connectivity index (χ3n) is 2.47. The number of aryl methyl sites for hydroxylation is 1. The van der Waals surface area contributed by atoms with E-state index in [1.807, 2.05) is 0 Å². The first-order valence-corrected chi connectivity index (χ1v) is 5.57. The van der Waals surface area contributed by atoms with E-state index in [0.29, 0.717) is 6.04 Å². The Morgan fingerprint density at radius 3 is 2.64 bits per heavy atom.